The summed E-state index contributed by atoms with van der Waals surface area (Å²) in [6.07, 6.45) is 7.15. The highest BCUT2D eigenvalue weighted by molar-refractivity contribution is 5.74. The van der Waals surface area contributed by atoms with E-state index in [0.717, 1.165) is 56.3 Å². The van der Waals surface area contributed by atoms with E-state index in [4.69, 9.17) is 9.57 Å². The lowest BCUT2D eigenvalue weighted by Crippen LogP contribution is -2.55. The van der Waals surface area contributed by atoms with E-state index in [2.05, 4.69) is 35.5 Å². The van der Waals surface area contributed by atoms with Gasteiger partial charge in [-0.3, -0.25) is 9.69 Å². The van der Waals surface area contributed by atoms with E-state index in [0.29, 0.717) is 18.7 Å². The van der Waals surface area contributed by atoms with Gasteiger partial charge in [0.25, 0.3) is 5.91 Å². The largest absolute Gasteiger partial charge is 0.489 e. The molecule has 0 fully saturated rings. The topological polar surface area (TPSA) is 71.0 Å². The van der Waals surface area contributed by atoms with Crippen molar-refractivity contribution in [2.75, 3.05) is 6.61 Å². The fraction of sp³-hybridized carbons (Fsp3) is 0.424. The summed E-state index contributed by atoms with van der Waals surface area (Å²) in [5.74, 6) is 1.27. The van der Waals surface area contributed by atoms with Gasteiger partial charge in [-0.05, 0) is 80.0 Å². The Bertz CT molecular complexity index is 1170. The van der Waals surface area contributed by atoms with Gasteiger partial charge < -0.3 is 14.7 Å². The van der Waals surface area contributed by atoms with Crippen molar-refractivity contribution in [3.8, 4) is 11.5 Å². The molecule has 0 radical (unpaired) electrons. The third kappa shape index (κ3) is 8.57. The molecule has 0 heterocycles. The Labute approximate surface area is 232 Å². The second-order valence-electron chi connectivity index (χ2n) is 10.7. The fourth-order valence-corrected chi connectivity index (χ4v) is 5.24. The van der Waals surface area contributed by atoms with Crippen LogP contribution in [0, 0.1) is 0 Å². The molecule has 0 saturated carbocycles. The average Bonchev–Trinajstić information content (AvgIpc) is 3.17. The molecule has 0 bridgehead atoms. The quantitative estimate of drug-likeness (QED) is 0.119. The second kappa shape index (κ2) is 14.2. The standard InChI is InChI=1S/C33H42N2O4/c1-3-4-7-19-32(36)34-39-31-21-20-27-15-12-16-29(22-28(27)23-31)35(24-26-13-8-5-9-14-26)33(2,37)25-38-30-17-10-6-11-18-30/h5-6,8-11,13-14,17-18,20-21,23,29,37H,3-4,7,12,15-16,19,22,24-25H2,1-2H3,(H,34,36). The van der Waals surface area contributed by atoms with Gasteiger partial charge in [0.2, 0.25) is 0 Å². The van der Waals surface area contributed by atoms with Gasteiger partial charge in [0, 0.05) is 19.0 Å². The first-order valence-electron chi connectivity index (χ1n) is 14.2. The number of carbonyl (C=O) groups excluding carboxylic acids is 1. The number of aryl methyl sites for hydroxylation is 1. The highest BCUT2D eigenvalue weighted by Gasteiger charge is 2.36. The van der Waals surface area contributed by atoms with Crippen molar-refractivity contribution in [2.24, 2.45) is 0 Å². The lowest BCUT2D eigenvalue weighted by molar-refractivity contribution is -0.143. The maximum Gasteiger partial charge on any atom is 0.252 e. The average molecular weight is 531 g/mol. The molecule has 1 amide bonds. The van der Waals surface area contributed by atoms with E-state index in [1.165, 1.54) is 11.1 Å². The molecule has 2 N–H and O–H groups in total. The van der Waals surface area contributed by atoms with Gasteiger partial charge in [-0.1, -0.05) is 74.4 Å². The summed E-state index contributed by atoms with van der Waals surface area (Å²) in [5.41, 5.74) is 5.03. The minimum Gasteiger partial charge on any atom is -0.489 e. The van der Waals surface area contributed by atoms with Gasteiger partial charge >= 0.3 is 0 Å². The van der Waals surface area contributed by atoms with Gasteiger partial charge in [-0.15, -0.1) is 0 Å². The zero-order chi connectivity index (χ0) is 27.5. The van der Waals surface area contributed by atoms with Crippen LogP contribution in [0.2, 0.25) is 0 Å². The zero-order valence-electron chi connectivity index (χ0n) is 23.3. The van der Waals surface area contributed by atoms with E-state index >= 15 is 0 Å². The molecule has 2 unspecified atom stereocenters. The van der Waals surface area contributed by atoms with Crippen LogP contribution in [0.25, 0.3) is 0 Å². The molecule has 0 saturated heterocycles. The molecule has 0 aromatic heterocycles. The minimum absolute atomic E-state index is 0.0970. The predicted octanol–water partition coefficient (Wildman–Crippen LogP) is 6.21. The third-order valence-corrected chi connectivity index (χ3v) is 7.42. The lowest BCUT2D eigenvalue weighted by atomic mass is 9.98. The van der Waals surface area contributed by atoms with Crippen molar-refractivity contribution >= 4 is 5.91 Å². The molecule has 2 atom stereocenters. The molecule has 6 nitrogen and oxygen atoms in total. The number of hydroxylamine groups is 1. The normalized spacial score (nSPS) is 16.6. The Kier molecular flexibility index (Phi) is 10.4. The minimum atomic E-state index is -1.19. The number of para-hydroxylation sites is 1. The molecule has 1 aliphatic rings. The van der Waals surface area contributed by atoms with E-state index in [1.807, 2.05) is 67.6 Å². The zero-order valence-corrected chi connectivity index (χ0v) is 23.3. The number of hydrogen-bond acceptors (Lipinski definition) is 5. The molecule has 0 aliphatic heterocycles. The molecule has 3 aromatic carbocycles. The summed E-state index contributed by atoms with van der Waals surface area (Å²) in [6.45, 7) is 4.72. The van der Waals surface area contributed by atoms with Crippen molar-refractivity contribution in [2.45, 2.75) is 83.5 Å². The van der Waals surface area contributed by atoms with E-state index in [1.54, 1.807) is 0 Å². The van der Waals surface area contributed by atoms with Crippen LogP contribution in [0.5, 0.6) is 11.5 Å². The van der Waals surface area contributed by atoms with Crippen LogP contribution in [0.15, 0.2) is 78.9 Å². The molecule has 1 aliphatic carbocycles. The first kappa shape index (κ1) is 28.7. The predicted molar refractivity (Wildman–Crippen MR) is 154 cm³/mol. The summed E-state index contributed by atoms with van der Waals surface area (Å²) in [5, 5.41) is 11.8. The van der Waals surface area contributed by atoms with Gasteiger partial charge in [0.05, 0.1) is 0 Å². The third-order valence-electron chi connectivity index (χ3n) is 7.42. The highest BCUT2D eigenvalue weighted by Crippen LogP contribution is 2.31. The molecule has 4 rings (SSSR count). The summed E-state index contributed by atoms with van der Waals surface area (Å²) in [7, 11) is 0. The number of nitrogens with zero attached hydrogens (tertiary/aromatic N) is 1. The number of hydrogen-bond donors (Lipinski definition) is 2. The van der Waals surface area contributed by atoms with Crippen molar-refractivity contribution in [1.82, 2.24) is 10.4 Å². The Hall–Kier alpha value is -3.35. The number of carbonyl (C=O) groups is 1. The van der Waals surface area contributed by atoms with Crippen LogP contribution in [0.1, 0.15) is 69.1 Å². The van der Waals surface area contributed by atoms with Gasteiger partial charge in [0.1, 0.15) is 18.1 Å². The number of rotatable bonds is 13. The Morgan fingerprint density at radius 2 is 1.74 bits per heavy atom. The number of benzene rings is 3. The monoisotopic (exact) mass is 530 g/mol. The molecule has 6 heteroatoms. The number of aliphatic hydroxyl groups is 1. The number of ether oxygens (including phenoxy) is 1. The van der Waals surface area contributed by atoms with Crippen molar-refractivity contribution < 1.29 is 19.5 Å². The van der Waals surface area contributed by atoms with Crippen LogP contribution >= 0.6 is 0 Å². The van der Waals surface area contributed by atoms with Crippen LogP contribution < -0.4 is 15.1 Å². The molecular weight excluding hydrogens is 488 g/mol. The number of unbranched alkanes of at least 4 members (excludes halogenated alkanes) is 2. The highest BCUT2D eigenvalue weighted by atomic mass is 16.7. The Morgan fingerprint density at radius 1 is 1.00 bits per heavy atom. The molecule has 208 valence electrons. The van der Waals surface area contributed by atoms with Crippen molar-refractivity contribution in [3.05, 3.63) is 95.6 Å². The van der Waals surface area contributed by atoms with Crippen molar-refractivity contribution in [3.63, 3.8) is 0 Å². The molecule has 39 heavy (non-hydrogen) atoms. The van der Waals surface area contributed by atoms with Crippen LogP contribution in [-0.4, -0.2) is 34.3 Å². The van der Waals surface area contributed by atoms with Gasteiger partial charge in [-0.25, -0.2) is 0 Å². The Morgan fingerprint density at radius 3 is 2.49 bits per heavy atom. The summed E-state index contributed by atoms with van der Waals surface area (Å²) < 4.78 is 6.04. The summed E-state index contributed by atoms with van der Waals surface area (Å²) in [6, 6.07) is 26.1. The second-order valence-corrected chi connectivity index (χ2v) is 10.7. The molecule has 0 spiro atoms. The lowest BCUT2D eigenvalue weighted by Gasteiger charge is -2.42. The van der Waals surface area contributed by atoms with E-state index < -0.39 is 5.72 Å². The first-order valence-corrected chi connectivity index (χ1v) is 14.2. The van der Waals surface area contributed by atoms with Crippen LogP contribution in [0.3, 0.4) is 0 Å². The smallest absolute Gasteiger partial charge is 0.252 e. The summed E-state index contributed by atoms with van der Waals surface area (Å²) in [4.78, 5) is 20.0. The Balaban J connectivity index is 1.50. The van der Waals surface area contributed by atoms with Crippen LogP contribution in [0.4, 0.5) is 0 Å². The number of amides is 1. The SMILES string of the molecule is CCCCCC(=O)NOc1ccc2c(c1)CC(N(Cc1ccccc1)C(C)(O)COc1ccccc1)CCC2. The van der Waals surface area contributed by atoms with Crippen molar-refractivity contribution in [1.29, 1.82) is 0 Å². The maximum absolute atomic E-state index is 12.1. The summed E-state index contributed by atoms with van der Waals surface area (Å²) >= 11 is 0. The van der Waals surface area contributed by atoms with E-state index in [9.17, 15) is 9.90 Å². The number of fused-ring (bicyclic) bond motifs is 1. The molecular formula is C33H42N2O4. The fourth-order valence-electron chi connectivity index (χ4n) is 5.24. The maximum atomic E-state index is 12.1. The van der Waals surface area contributed by atoms with Gasteiger partial charge in [-0.2, -0.15) is 5.48 Å². The molecule has 3 aromatic rings. The van der Waals surface area contributed by atoms with Crippen LogP contribution in [-0.2, 0) is 24.2 Å². The first-order chi connectivity index (χ1) is 18.9. The van der Waals surface area contributed by atoms with Gasteiger partial charge in [0.15, 0.2) is 5.75 Å². The van der Waals surface area contributed by atoms with E-state index in [-0.39, 0.29) is 18.6 Å². The number of nitrogens with one attached hydrogen (secondary N) is 1.